The summed E-state index contributed by atoms with van der Waals surface area (Å²) in [4.78, 5) is 0. The molecule has 0 amide bonds. The van der Waals surface area contributed by atoms with Gasteiger partial charge >= 0.3 is 0 Å². The van der Waals surface area contributed by atoms with Gasteiger partial charge in [-0.15, -0.1) is 0 Å². The van der Waals surface area contributed by atoms with Gasteiger partial charge in [-0.2, -0.15) is 0 Å². The minimum Gasteiger partial charge on any atom is -0.316 e. The van der Waals surface area contributed by atoms with Gasteiger partial charge in [0.05, 0.1) is 6.26 Å². The summed E-state index contributed by atoms with van der Waals surface area (Å²) in [5, 5.41) is 3.36. The first-order chi connectivity index (χ1) is 7.04. The Morgan fingerprint density at radius 3 is 2.53 bits per heavy atom. The summed E-state index contributed by atoms with van der Waals surface area (Å²) >= 11 is 0. The maximum Gasteiger partial charge on any atom is 0.211 e. The molecule has 0 aliphatic heterocycles. The summed E-state index contributed by atoms with van der Waals surface area (Å²) in [6.45, 7) is 5.10. The van der Waals surface area contributed by atoms with Gasteiger partial charge < -0.3 is 5.32 Å². The van der Waals surface area contributed by atoms with Gasteiger partial charge in [-0.05, 0) is 38.3 Å². The zero-order valence-electron chi connectivity index (χ0n) is 9.70. The van der Waals surface area contributed by atoms with Crippen LogP contribution in [0, 0.1) is 5.92 Å². The molecule has 0 aromatic carbocycles. The van der Waals surface area contributed by atoms with Crippen molar-refractivity contribution < 1.29 is 8.42 Å². The molecule has 0 unspecified atom stereocenters. The Hall–Kier alpha value is -0.130. The predicted molar refractivity (Wildman–Crippen MR) is 62.3 cm³/mol. The standard InChI is InChI=1S/C10H22N2O2S/c1-3-12(15(2,13)14)8-4-7-11-9-10-5-6-10/h10-11H,3-9H2,1-2H3. The molecule has 0 spiro atoms. The first-order valence-corrected chi connectivity index (χ1v) is 7.54. The Kier molecular flexibility index (Phi) is 5.02. The van der Waals surface area contributed by atoms with Crippen molar-refractivity contribution >= 4 is 10.0 Å². The van der Waals surface area contributed by atoms with Crippen molar-refractivity contribution in [2.24, 2.45) is 5.92 Å². The van der Waals surface area contributed by atoms with E-state index in [1.807, 2.05) is 6.92 Å². The monoisotopic (exact) mass is 234 g/mol. The molecule has 1 aliphatic carbocycles. The number of nitrogens with one attached hydrogen (secondary N) is 1. The van der Waals surface area contributed by atoms with E-state index in [9.17, 15) is 8.42 Å². The van der Waals surface area contributed by atoms with Crippen LogP contribution in [-0.2, 0) is 10.0 Å². The highest BCUT2D eigenvalue weighted by Crippen LogP contribution is 2.27. The lowest BCUT2D eigenvalue weighted by molar-refractivity contribution is 0.418. The predicted octanol–water partition coefficient (Wildman–Crippen LogP) is 0.658. The summed E-state index contributed by atoms with van der Waals surface area (Å²) in [7, 11) is -3.00. The number of rotatable bonds is 8. The Labute approximate surface area is 93.1 Å². The van der Waals surface area contributed by atoms with Crippen molar-refractivity contribution in [2.45, 2.75) is 26.2 Å². The van der Waals surface area contributed by atoms with E-state index in [2.05, 4.69) is 5.32 Å². The molecule has 0 aromatic rings. The quantitative estimate of drug-likeness (QED) is 0.628. The molecule has 0 radical (unpaired) electrons. The highest BCUT2D eigenvalue weighted by atomic mass is 32.2. The van der Waals surface area contributed by atoms with Crippen LogP contribution < -0.4 is 5.32 Å². The van der Waals surface area contributed by atoms with E-state index in [1.165, 1.54) is 23.4 Å². The molecule has 0 saturated heterocycles. The van der Waals surface area contributed by atoms with E-state index in [0.29, 0.717) is 13.1 Å². The fraction of sp³-hybridized carbons (Fsp3) is 1.00. The van der Waals surface area contributed by atoms with Gasteiger partial charge in [-0.1, -0.05) is 6.92 Å². The molecule has 1 N–H and O–H groups in total. The first-order valence-electron chi connectivity index (χ1n) is 5.70. The number of nitrogens with zero attached hydrogens (tertiary/aromatic N) is 1. The summed E-state index contributed by atoms with van der Waals surface area (Å²) in [5.41, 5.74) is 0. The van der Waals surface area contributed by atoms with Crippen molar-refractivity contribution in [2.75, 3.05) is 32.4 Å². The topological polar surface area (TPSA) is 49.4 Å². The van der Waals surface area contributed by atoms with Crippen LogP contribution in [0.3, 0.4) is 0 Å². The molecule has 1 fully saturated rings. The van der Waals surface area contributed by atoms with Gasteiger partial charge in [0.1, 0.15) is 0 Å². The summed E-state index contributed by atoms with van der Waals surface area (Å²) in [5.74, 6) is 0.891. The van der Waals surface area contributed by atoms with Gasteiger partial charge in [-0.3, -0.25) is 0 Å². The average Bonchev–Trinajstić information content (AvgIpc) is 2.92. The molecule has 5 heteroatoms. The molecule has 4 nitrogen and oxygen atoms in total. The molecule has 0 heterocycles. The molecule has 0 aromatic heterocycles. The molecule has 0 bridgehead atoms. The van der Waals surface area contributed by atoms with Gasteiger partial charge in [0.25, 0.3) is 0 Å². The van der Waals surface area contributed by atoms with Gasteiger partial charge in [0.15, 0.2) is 0 Å². The zero-order valence-corrected chi connectivity index (χ0v) is 10.5. The van der Waals surface area contributed by atoms with Crippen LogP contribution >= 0.6 is 0 Å². The smallest absolute Gasteiger partial charge is 0.211 e. The van der Waals surface area contributed by atoms with E-state index >= 15 is 0 Å². The maximum atomic E-state index is 11.2. The summed E-state index contributed by atoms with van der Waals surface area (Å²) in [6.07, 6.45) is 4.89. The normalized spacial score (nSPS) is 17.3. The molecule has 1 saturated carbocycles. The fourth-order valence-corrected chi connectivity index (χ4v) is 2.50. The summed E-state index contributed by atoms with van der Waals surface area (Å²) < 4.78 is 24.0. The fourth-order valence-electron chi connectivity index (χ4n) is 1.57. The van der Waals surface area contributed by atoms with Crippen LogP contribution in [0.2, 0.25) is 0 Å². The average molecular weight is 234 g/mol. The first kappa shape index (κ1) is 12.9. The molecule has 1 aliphatic rings. The molecule has 15 heavy (non-hydrogen) atoms. The second-order valence-electron chi connectivity index (χ2n) is 4.26. The highest BCUT2D eigenvalue weighted by molar-refractivity contribution is 7.88. The molecular weight excluding hydrogens is 212 g/mol. The second-order valence-corrected chi connectivity index (χ2v) is 6.24. The molecule has 0 atom stereocenters. The molecular formula is C10H22N2O2S. The van der Waals surface area contributed by atoms with Crippen molar-refractivity contribution in [3.8, 4) is 0 Å². The van der Waals surface area contributed by atoms with Crippen LogP contribution in [0.1, 0.15) is 26.2 Å². The Bertz CT molecular complexity index is 273. The number of sulfonamides is 1. The van der Waals surface area contributed by atoms with E-state index in [-0.39, 0.29) is 0 Å². The second kappa shape index (κ2) is 5.82. The van der Waals surface area contributed by atoms with Crippen molar-refractivity contribution in [1.29, 1.82) is 0 Å². The maximum absolute atomic E-state index is 11.2. The van der Waals surface area contributed by atoms with Crippen molar-refractivity contribution in [3.63, 3.8) is 0 Å². The largest absolute Gasteiger partial charge is 0.316 e. The van der Waals surface area contributed by atoms with Crippen LogP contribution in [0.25, 0.3) is 0 Å². The van der Waals surface area contributed by atoms with Crippen LogP contribution in [0.4, 0.5) is 0 Å². The Balaban J connectivity index is 2.05. The minimum absolute atomic E-state index is 0.571. The van der Waals surface area contributed by atoms with E-state index in [1.54, 1.807) is 0 Å². The minimum atomic E-state index is -3.00. The van der Waals surface area contributed by atoms with E-state index in [0.717, 1.165) is 25.4 Å². The van der Waals surface area contributed by atoms with E-state index in [4.69, 9.17) is 0 Å². The summed E-state index contributed by atoms with van der Waals surface area (Å²) in [6, 6.07) is 0. The third-order valence-electron chi connectivity index (χ3n) is 2.71. The zero-order chi connectivity index (χ0) is 11.3. The lowest BCUT2D eigenvalue weighted by atomic mass is 10.4. The Morgan fingerprint density at radius 2 is 2.07 bits per heavy atom. The lowest BCUT2D eigenvalue weighted by Gasteiger charge is -2.17. The van der Waals surface area contributed by atoms with Gasteiger partial charge in [0.2, 0.25) is 10.0 Å². The SMILES string of the molecule is CCN(CCCNCC1CC1)S(C)(=O)=O. The van der Waals surface area contributed by atoms with Crippen LogP contribution in [0.5, 0.6) is 0 Å². The third-order valence-corrected chi connectivity index (χ3v) is 4.09. The van der Waals surface area contributed by atoms with Crippen molar-refractivity contribution in [3.05, 3.63) is 0 Å². The number of hydrogen-bond donors (Lipinski definition) is 1. The lowest BCUT2D eigenvalue weighted by Crippen LogP contribution is -2.32. The van der Waals surface area contributed by atoms with Gasteiger partial charge in [0, 0.05) is 13.1 Å². The van der Waals surface area contributed by atoms with Crippen LogP contribution in [-0.4, -0.2) is 45.2 Å². The van der Waals surface area contributed by atoms with Crippen LogP contribution in [0.15, 0.2) is 0 Å². The van der Waals surface area contributed by atoms with Crippen molar-refractivity contribution in [1.82, 2.24) is 9.62 Å². The highest BCUT2D eigenvalue weighted by Gasteiger charge is 2.20. The molecule has 90 valence electrons. The van der Waals surface area contributed by atoms with Gasteiger partial charge in [-0.25, -0.2) is 12.7 Å². The molecule has 1 rings (SSSR count). The van der Waals surface area contributed by atoms with E-state index < -0.39 is 10.0 Å². The third kappa shape index (κ3) is 5.49. The Morgan fingerprint density at radius 1 is 1.40 bits per heavy atom. The number of hydrogen-bond acceptors (Lipinski definition) is 3.